The second-order valence-corrected chi connectivity index (χ2v) is 7.23. The average molecular weight is 393 g/mol. The van der Waals surface area contributed by atoms with Gasteiger partial charge in [0.2, 0.25) is 4.96 Å². The van der Waals surface area contributed by atoms with Crippen LogP contribution in [0.25, 0.3) is 11.0 Å². The number of hydrogen-bond acceptors (Lipinski definition) is 6. The van der Waals surface area contributed by atoms with Crippen LogP contribution in [0.1, 0.15) is 30.3 Å². The van der Waals surface area contributed by atoms with Crippen LogP contribution < -0.4 is 11.3 Å². The standard InChI is InChI=1S/C15H13BrN4O2S/c1-7(2)14-19-20-12(17)10(13(22)18-15(20)23-14)6-8-5-9(16)3-4-11(8)21/h3-7H,17H2,1-2H3. The van der Waals surface area contributed by atoms with Crippen molar-refractivity contribution in [2.75, 3.05) is 5.73 Å². The Labute approximate surface area is 144 Å². The van der Waals surface area contributed by atoms with Crippen molar-refractivity contribution in [3.05, 3.63) is 49.2 Å². The average Bonchev–Trinajstić information content (AvgIpc) is 2.91. The van der Waals surface area contributed by atoms with Crippen LogP contribution in [-0.4, -0.2) is 20.4 Å². The predicted molar refractivity (Wildman–Crippen MR) is 94.8 cm³/mol. The molecule has 0 atom stereocenters. The first-order chi connectivity index (χ1) is 10.9. The Hall–Kier alpha value is -2.06. The third-order valence-corrected chi connectivity index (χ3v) is 4.98. The molecule has 0 radical (unpaired) electrons. The van der Waals surface area contributed by atoms with Crippen molar-refractivity contribution in [3.63, 3.8) is 0 Å². The molecule has 0 saturated carbocycles. The van der Waals surface area contributed by atoms with E-state index in [4.69, 9.17) is 5.73 Å². The zero-order valence-electron chi connectivity index (χ0n) is 12.4. The maximum atomic E-state index is 12.3. The minimum Gasteiger partial charge on any atom is -0.383 e. The smallest absolute Gasteiger partial charge is 0.283 e. The molecule has 0 spiro atoms. The molecule has 1 aliphatic carbocycles. The number of rotatable bonds is 2. The van der Waals surface area contributed by atoms with Crippen molar-refractivity contribution in [1.82, 2.24) is 14.6 Å². The Bertz CT molecular complexity index is 966. The molecule has 3 rings (SSSR count). The summed E-state index contributed by atoms with van der Waals surface area (Å²) in [4.78, 5) is 28.7. The molecule has 2 heterocycles. The van der Waals surface area contributed by atoms with E-state index in [0.717, 1.165) is 9.49 Å². The Balaban J connectivity index is 2.20. The van der Waals surface area contributed by atoms with Crippen molar-refractivity contribution in [2.24, 2.45) is 0 Å². The van der Waals surface area contributed by atoms with Gasteiger partial charge in [-0.2, -0.15) is 14.6 Å². The fraction of sp³-hybridized carbons (Fsp3) is 0.200. The largest absolute Gasteiger partial charge is 0.383 e. The molecule has 6 nitrogen and oxygen atoms in total. The van der Waals surface area contributed by atoms with Crippen LogP contribution in [0.4, 0.5) is 5.82 Å². The van der Waals surface area contributed by atoms with Crippen LogP contribution in [0.5, 0.6) is 0 Å². The predicted octanol–water partition coefficient (Wildman–Crippen LogP) is 2.66. The summed E-state index contributed by atoms with van der Waals surface area (Å²) < 4.78 is 2.20. The SMILES string of the molecule is CC(C)c1nn2c(N)c(C=C3C=C(Br)C=CC3=O)c(=O)nc2s1. The maximum absolute atomic E-state index is 12.3. The van der Waals surface area contributed by atoms with Crippen molar-refractivity contribution < 1.29 is 4.79 Å². The molecule has 0 aromatic carbocycles. The first-order valence-corrected chi connectivity index (χ1v) is 8.48. The topological polar surface area (TPSA) is 90.4 Å². The highest BCUT2D eigenvalue weighted by Gasteiger charge is 2.17. The quantitative estimate of drug-likeness (QED) is 0.793. The molecule has 8 heteroatoms. The van der Waals surface area contributed by atoms with E-state index >= 15 is 0 Å². The van der Waals surface area contributed by atoms with Crippen LogP contribution in [0.15, 0.2) is 33.1 Å². The van der Waals surface area contributed by atoms with Crippen LogP contribution in [0.3, 0.4) is 0 Å². The van der Waals surface area contributed by atoms with Gasteiger partial charge in [-0.15, -0.1) is 0 Å². The van der Waals surface area contributed by atoms with Gasteiger partial charge < -0.3 is 5.73 Å². The van der Waals surface area contributed by atoms with Crippen LogP contribution >= 0.6 is 27.3 Å². The fourth-order valence-corrected chi connectivity index (χ4v) is 3.33. The Morgan fingerprint density at radius 3 is 2.78 bits per heavy atom. The van der Waals surface area contributed by atoms with Gasteiger partial charge in [-0.3, -0.25) is 9.59 Å². The highest BCUT2D eigenvalue weighted by Crippen LogP contribution is 2.24. The molecular formula is C15H13BrN4O2S. The number of anilines is 1. The zero-order valence-corrected chi connectivity index (χ0v) is 14.8. The third kappa shape index (κ3) is 2.91. The molecule has 118 valence electrons. The van der Waals surface area contributed by atoms with Gasteiger partial charge in [0.05, 0.1) is 5.56 Å². The molecule has 0 amide bonds. The second kappa shape index (κ2) is 5.86. The number of hydrogen-bond donors (Lipinski definition) is 1. The summed E-state index contributed by atoms with van der Waals surface area (Å²) in [5.74, 6) is 0.197. The van der Waals surface area contributed by atoms with Gasteiger partial charge in [0.1, 0.15) is 10.8 Å². The van der Waals surface area contributed by atoms with E-state index in [1.165, 1.54) is 28.0 Å². The maximum Gasteiger partial charge on any atom is 0.283 e. The van der Waals surface area contributed by atoms with Crippen LogP contribution in [-0.2, 0) is 4.79 Å². The molecular weight excluding hydrogens is 380 g/mol. The molecule has 0 saturated heterocycles. The van der Waals surface area contributed by atoms with Gasteiger partial charge in [-0.1, -0.05) is 41.1 Å². The summed E-state index contributed by atoms with van der Waals surface area (Å²) in [6, 6.07) is 0. The number of carbonyl (C=O) groups excluding carboxylic acids is 1. The molecule has 0 fully saturated rings. The number of fused-ring (bicyclic) bond motifs is 1. The van der Waals surface area contributed by atoms with E-state index in [9.17, 15) is 9.59 Å². The molecule has 0 bridgehead atoms. The number of halogens is 1. The van der Waals surface area contributed by atoms with Gasteiger partial charge in [-0.25, -0.2) is 0 Å². The highest BCUT2D eigenvalue weighted by atomic mass is 79.9. The minimum absolute atomic E-state index is 0.165. The molecule has 23 heavy (non-hydrogen) atoms. The van der Waals surface area contributed by atoms with Gasteiger partial charge >= 0.3 is 0 Å². The van der Waals surface area contributed by atoms with Gasteiger partial charge in [0.25, 0.3) is 5.56 Å². The Kier molecular flexibility index (Phi) is 4.03. The monoisotopic (exact) mass is 392 g/mol. The summed E-state index contributed by atoms with van der Waals surface area (Å²) in [6.45, 7) is 4.01. The van der Waals surface area contributed by atoms with E-state index in [1.54, 1.807) is 12.2 Å². The number of ketones is 1. The number of allylic oxidation sites excluding steroid dienone is 5. The molecule has 2 N–H and O–H groups in total. The zero-order chi connectivity index (χ0) is 16.7. The van der Waals surface area contributed by atoms with Crippen molar-refractivity contribution >= 4 is 49.9 Å². The lowest BCUT2D eigenvalue weighted by molar-refractivity contribution is -0.111. The Morgan fingerprint density at radius 1 is 1.35 bits per heavy atom. The van der Waals surface area contributed by atoms with Crippen molar-refractivity contribution in [1.29, 1.82) is 0 Å². The van der Waals surface area contributed by atoms with Crippen LogP contribution in [0.2, 0.25) is 0 Å². The number of nitrogen functional groups attached to an aromatic ring is 1. The summed E-state index contributed by atoms with van der Waals surface area (Å²) in [5.41, 5.74) is 6.15. The van der Waals surface area contributed by atoms with Crippen LogP contribution in [0, 0.1) is 0 Å². The first kappa shape index (κ1) is 15.8. The fourth-order valence-electron chi connectivity index (χ4n) is 2.05. The van der Waals surface area contributed by atoms with Crippen molar-refractivity contribution in [3.8, 4) is 0 Å². The molecule has 0 unspecified atom stereocenters. The van der Waals surface area contributed by atoms with Crippen molar-refractivity contribution in [2.45, 2.75) is 19.8 Å². The molecule has 2 aromatic heterocycles. The summed E-state index contributed by atoms with van der Waals surface area (Å²) >= 11 is 4.64. The molecule has 2 aromatic rings. The summed E-state index contributed by atoms with van der Waals surface area (Å²) in [6.07, 6.45) is 6.16. The second-order valence-electron chi connectivity index (χ2n) is 5.33. The molecule has 1 aliphatic rings. The number of nitrogens with zero attached hydrogens (tertiary/aromatic N) is 3. The molecule has 0 aliphatic heterocycles. The summed E-state index contributed by atoms with van der Waals surface area (Å²) in [5, 5.41) is 5.24. The van der Waals surface area contributed by atoms with Gasteiger partial charge in [0, 0.05) is 16.0 Å². The minimum atomic E-state index is -0.471. The lowest BCUT2D eigenvalue weighted by Crippen LogP contribution is -2.17. The number of aromatic nitrogens is 3. The lowest BCUT2D eigenvalue weighted by atomic mass is 10.0. The van der Waals surface area contributed by atoms with Gasteiger partial charge in [-0.05, 0) is 24.3 Å². The Morgan fingerprint density at radius 2 is 2.09 bits per heavy atom. The van der Waals surface area contributed by atoms with E-state index in [0.29, 0.717) is 10.5 Å². The third-order valence-electron chi connectivity index (χ3n) is 3.27. The first-order valence-electron chi connectivity index (χ1n) is 6.87. The number of nitrogens with two attached hydrogens (primary N) is 1. The normalized spacial score (nSPS) is 16.6. The number of carbonyl (C=O) groups is 1. The van der Waals surface area contributed by atoms with E-state index in [-0.39, 0.29) is 23.1 Å². The lowest BCUT2D eigenvalue weighted by Gasteiger charge is -2.06. The van der Waals surface area contributed by atoms with E-state index < -0.39 is 5.56 Å². The summed E-state index contributed by atoms with van der Waals surface area (Å²) in [7, 11) is 0. The highest BCUT2D eigenvalue weighted by molar-refractivity contribution is 9.11. The van der Waals surface area contributed by atoms with Gasteiger partial charge in [0.15, 0.2) is 5.78 Å². The van der Waals surface area contributed by atoms with E-state index in [2.05, 4.69) is 26.0 Å². The van der Waals surface area contributed by atoms with E-state index in [1.807, 2.05) is 13.8 Å².